The second-order valence-corrected chi connectivity index (χ2v) is 2.75. The predicted molar refractivity (Wildman–Crippen MR) is 49.8 cm³/mol. The van der Waals surface area contributed by atoms with Crippen LogP contribution in [0.1, 0.15) is 20.8 Å². The van der Waals surface area contributed by atoms with Gasteiger partial charge in [0, 0.05) is 6.08 Å². The van der Waals surface area contributed by atoms with Crippen LogP contribution in [0.5, 0.6) is 0 Å². The summed E-state index contributed by atoms with van der Waals surface area (Å²) >= 11 is 0. The molecule has 0 aliphatic heterocycles. The molecule has 0 fully saturated rings. The van der Waals surface area contributed by atoms with Gasteiger partial charge in [0.1, 0.15) is 0 Å². The molecule has 0 heterocycles. The van der Waals surface area contributed by atoms with Crippen LogP contribution >= 0.6 is 0 Å². The lowest BCUT2D eigenvalue weighted by Crippen LogP contribution is -2.00. The van der Waals surface area contributed by atoms with Gasteiger partial charge in [-0.15, -0.1) is 0 Å². The highest BCUT2D eigenvalue weighted by atomic mass is 16.5. The monoisotopic (exact) mass is 168 g/mol. The molecule has 0 aromatic heterocycles. The van der Waals surface area contributed by atoms with Crippen LogP contribution in [0.2, 0.25) is 0 Å². The topological polar surface area (TPSA) is 26.3 Å². The third-order valence-electron chi connectivity index (χ3n) is 1.58. The van der Waals surface area contributed by atoms with Crippen LogP contribution in [0, 0.1) is 5.92 Å². The molecule has 0 saturated carbocycles. The number of ether oxygens (including phenoxy) is 1. The molecule has 2 heteroatoms. The standard InChI is InChI=1S/C10H16O2/c1-5-12-10(11)7-6-9(4)8(2)3/h6-7,9H,2,5H2,1,3-4H3/b7-6+. The molecule has 0 spiro atoms. The molecule has 0 radical (unpaired) electrons. The van der Waals surface area contributed by atoms with Crippen LogP contribution in [0.4, 0.5) is 0 Å². The molecule has 0 aliphatic carbocycles. The van der Waals surface area contributed by atoms with Gasteiger partial charge in [-0.2, -0.15) is 0 Å². The summed E-state index contributed by atoms with van der Waals surface area (Å²) in [6.45, 7) is 9.90. The summed E-state index contributed by atoms with van der Waals surface area (Å²) < 4.78 is 4.72. The fraction of sp³-hybridized carbons (Fsp3) is 0.500. The molecular formula is C10H16O2. The highest BCUT2D eigenvalue weighted by Gasteiger charge is 1.98. The molecule has 2 nitrogen and oxygen atoms in total. The second-order valence-electron chi connectivity index (χ2n) is 2.75. The van der Waals surface area contributed by atoms with Crippen molar-refractivity contribution in [3.63, 3.8) is 0 Å². The van der Waals surface area contributed by atoms with Crippen molar-refractivity contribution in [2.24, 2.45) is 5.92 Å². The Morgan fingerprint density at radius 3 is 2.67 bits per heavy atom. The van der Waals surface area contributed by atoms with Gasteiger partial charge in [0.25, 0.3) is 0 Å². The predicted octanol–water partition coefficient (Wildman–Crippen LogP) is 2.32. The summed E-state index contributed by atoms with van der Waals surface area (Å²) in [7, 11) is 0. The Hall–Kier alpha value is -1.05. The van der Waals surface area contributed by atoms with E-state index in [0.717, 1.165) is 5.57 Å². The van der Waals surface area contributed by atoms with Gasteiger partial charge in [0.15, 0.2) is 0 Å². The van der Waals surface area contributed by atoms with Gasteiger partial charge in [-0.3, -0.25) is 0 Å². The van der Waals surface area contributed by atoms with Crippen molar-refractivity contribution >= 4 is 5.97 Å². The average molecular weight is 168 g/mol. The van der Waals surface area contributed by atoms with Gasteiger partial charge in [-0.1, -0.05) is 25.2 Å². The van der Waals surface area contributed by atoms with Gasteiger partial charge in [0.2, 0.25) is 0 Å². The summed E-state index contributed by atoms with van der Waals surface area (Å²) in [6, 6.07) is 0. The Labute approximate surface area is 73.9 Å². The lowest BCUT2D eigenvalue weighted by Gasteiger charge is -2.03. The zero-order valence-electron chi connectivity index (χ0n) is 7.96. The molecule has 0 aliphatic rings. The fourth-order valence-corrected chi connectivity index (χ4v) is 0.578. The largest absolute Gasteiger partial charge is 0.463 e. The van der Waals surface area contributed by atoms with E-state index in [1.165, 1.54) is 6.08 Å². The lowest BCUT2D eigenvalue weighted by atomic mass is 10.0. The summed E-state index contributed by atoms with van der Waals surface area (Å²) in [5.41, 5.74) is 1.04. The van der Waals surface area contributed by atoms with Crippen molar-refractivity contribution < 1.29 is 9.53 Å². The highest BCUT2D eigenvalue weighted by molar-refractivity contribution is 5.81. The number of rotatable bonds is 4. The first-order valence-corrected chi connectivity index (χ1v) is 4.08. The van der Waals surface area contributed by atoms with Crippen molar-refractivity contribution in [2.75, 3.05) is 6.61 Å². The summed E-state index contributed by atoms with van der Waals surface area (Å²) in [5, 5.41) is 0. The number of hydrogen-bond donors (Lipinski definition) is 0. The molecule has 0 saturated heterocycles. The van der Waals surface area contributed by atoms with Crippen molar-refractivity contribution in [1.29, 1.82) is 0 Å². The maximum atomic E-state index is 10.8. The highest BCUT2D eigenvalue weighted by Crippen LogP contribution is 2.07. The van der Waals surface area contributed by atoms with Crippen molar-refractivity contribution in [3.8, 4) is 0 Å². The van der Waals surface area contributed by atoms with E-state index >= 15 is 0 Å². The Kier molecular flexibility index (Phi) is 5.09. The van der Waals surface area contributed by atoms with Crippen LogP contribution in [-0.4, -0.2) is 12.6 Å². The number of carbonyl (C=O) groups excluding carboxylic acids is 1. The van der Waals surface area contributed by atoms with Gasteiger partial charge in [0.05, 0.1) is 6.61 Å². The second kappa shape index (κ2) is 5.58. The molecule has 0 aromatic carbocycles. The minimum Gasteiger partial charge on any atom is -0.463 e. The number of esters is 1. The zero-order chi connectivity index (χ0) is 9.56. The SMILES string of the molecule is C=C(C)C(C)/C=C/C(=O)OCC. The molecule has 1 atom stereocenters. The minimum absolute atomic E-state index is 0.231. The van der Waals surface area contributed by atoms with Crippen LogP contribution in [0.25, 0.3) is 0 Å². The minimum atomic E-state index is -0.286. The molecule has 0 N–H and O–H groups in total. The molecule has 1 unspecified atom stereocenters. The summed E-state index contributed by atoms with van der Waals surface area (Å²) in [4.78, 5) is 10.8. The first-order chi connectivity index (χ1) is 5.57. The number of allylic oxidation sites excluding steroid dienone is 2. The molecular weight excluding hydrogens is 152 g/mol. The lowest BCUT2D eigenvalue weighted by molar-refractivity contribution is -0.137. The van der Waals surface area contributed by atoms with E-state index in [9.17, 15) is 4.79 Å². The normalized spacial score (nSPS) is 12.9. The molecule has 68 valence electrons. The van der Waals surface area contributed by atoms with Gasteiger partial charge in [-0.05, 0) is 19.8 Å². The van der Waals surface area contributed by atoms with E-state index in [-0.39, 0.29) is 11.9 Å². The summed E-state index contributed by atoms with van der Waals surface area (Å²) in [5.74, 6) is -0.0555. The van der Waals surface area contributed by atoms with E-state index in [2.05, 4.69) is 6.58 Å². The molecule has 12 heavy (non-hydrogen) atoms. The van der Waals surface area contributed by atoms with E-state index in [1.54, 1.807) is 13.0 Å². The quantitative estimate of drug-likeness (QED) is 0.366. The Bertz CT molecular complexity index is 192. The third-order valence-corrected chi connectivity index (χ3v) is 1.58. The van der Waals surface area contributed by atoms with Gasteiger partial charge >= 0.3 is 5.97 Å². The van der Waals surface area contributed by atoms with E-state index < -0.39 is 0 Å². The fourth-order valence-electron chi connectivity index (χ4n) is 0.578. The zero-order valence-corrected chi connectivity index (χ0v) is 7.96. The van der Waals surface area contributed by atoms with Gasteiger partial charge in [-0.25, -0.2) is 4.79 Å². The van der Waals surface area contributed by atoms with Crippen molar-refractivity contribution in [2.45, 2.75) is 20.8 Å². The first kappa shape index (κ1) is 11.0. The molecule has 0 aromatic rings. The average Bonchev–Trinajstić information content (AvgIpc) is 2.00. The maximum Gasteiger partial charge on any atom is 0.330 e. The molecule has 0 rings (SSSR count). The Morgan fingerprint density at radius 1 is 1.67 bits per heavy atom. The van der Waals surface area contributed by atoms with Gasteiger partial charge < -0.3 is 4.74 Å². The first-order valence-electron chi connectivity index (χ1n) is 4.08. The van der Waals surface area contributed by atoms with Crippen LogP contribution in [0.3, 0.4) is 0 Å². The Balaban J connectivity index is 3.89. The van der Waals surface area contributed by atoms with Crippen molar-refractivity contribution in [3.05, 3.63) is 24.3 Å². The van der Waals surface area contributed by atoms with E-state index in [0.29, 0.717) is 6.61 Å². The van der Waals surface area contributed by atoms with Crippen molar-refractivity contribution in [1.82, 2.24) is 0 Å². The Morgan fingerprint density at radius 2 is 2.25 bits per heavy atom. The molecule has 0 bridgehead atoms. The van der Waals surface area contributed by atoms with Crippen LogP contribution in [-0.2, 0) is 9.53 Å². The smallest absolute Gasteiger partial charge is 0.330 e. The maximum absolute atomic E-state index is 10.8. The van der Waals surface area contributed by atoms with Crippen LogP contribution < -0.4 is 0 Å². The van der Waals surface area contributed by atoms with E-state index in [1.807, 2.05) is 13.8 Å². The summed E-state index contributed by atoms with van der Waals surface area (Å²) in [6.07, 6.45) is 3.24. The molecule has 0 amide bonds. The third kappa shape index (κ3) is 4.72. The van der Waals surface area contributed by atoms with Crippen LogP contribution in [0.15, 0.2) is 24.3 Å². The number of hydrogen-bond acceptors (Lipinski definition) is 2. The number of carbonyl (C=O) groups is 1. The van der Waals surface area contributed by atoms with E-state index in [4.69, 9.17) is 4.74 Å².